The first-order chi connectivity index (χ1) is 9.99. The van der Waals surface area contributed by atoms with Crippen molar-refractivity contribution in [1.29, 1.82) is 0 Å². The number of aliphatic carboxylic acids is 1. The molecule has 1 aromatic rings. The van der Waals surface area contributed by atoms with Crippen LogP contribution in [0, 0.1) is 11.8 Å². The highest BCUT2D eigenvalue weighted by Gasteiger charge is 2.49. The summed E-state index contributed by atoms with van der Waals surface area (Å²) in [6.45, 7) is 1.98. The second-order valence-corrected chi connectivity index (χ2v) is 6.76. The molecule has 5 nitrogen and oxygen atoms in total. The Morgan fingerprint density at radius 1 is 1.33 bits per heavy atom. The van der Waals surface area contributed by atoms with Crippen LogP contribution in [0.2, 0.25) is 0 Å². The number of carbonyl (C=O) groups is 3. The molecule has 0 bridgehead atoms. The fourth-order valence-electron chi connectivity index (χ4n) is 3.61. The summed E-state index contributed by atoms with van der Waals surface area (Å²) in [5.74, 6) is -0.866. The zero-order valence-electron chi connectivity index (χ0n) is 11.7. The van der Waals surface area contributed by atoms with E-state index in [4.69, 9.17) is 0 Å². The Morgan fingerprint density at radius 3 is 2.71 bits per heavy atom. The number of hydrogen-bond donors (Lipinski definition) is 1. The molecule has 1 saturated heterocycles. The van der Waals surface area contributed by atoms with Crippen LogP contribution in [0.3, 0.4) is 0 Å². The van der Waals surface area contributed by atoms with Crippen LogP contribution in [0.1, 0.15) is 46.2 Å². The average Bonchev–Trinajstić information content (AvgIpc) is 3.11. The fraction of sp³-hybridized carbons (Fsp3) is 0.533. The van der Waals surface area contributed by atoms with Gasteiger partial charge in [0.1, 0.15) is 6.04 Å². The lowest BCUT2D eigenvalue weighted by Crippen LogP contribution is -2.43. The van der Waals surface area contributed by atoms with Crippen molar-refractivity contribution in [2.24, 2.45) is 11.8 Å². The summed E-state index contributed by atoms with van der Waals surface area (Å²) in [5.41, 5.74) is 0.509. The number of Topliss-reactive ketones (excluding diaryl/α,β-unsaturated/α-hetero) is 1. The van der Waals surface area contributed by atoms with Crippen LogP contribution in [0.5, 0.6) is 0 Å². The van der Waals surface area contributed by atoms with Crippen molar-refractivity contribution in [3.05, 3.63) is 21.9 Å². The first kappa shape index (κ1) is 14.3. The lowest BCUT2D eigenvalue weighted by molar-refractivity contribution is -0.142. The van der Waals surface area contributed by atoms with Gasteiger partial charge in [0, 0.05) is 17.5 Å². The lowest BCUT2D eigenvalue weighted by atomic mass is 9.94. The molecule has 21 heavy (non-hydrogen) atoms. The SMILES string of the molecule is CC(=O)c1csc(C(=O)N2C[C@@H]3CCC[C@@H]3[C@@H]2C(=O)O)c1. The van der Waals surface area contributed by atoms with Crippen molar-refractivity contribution in [2.45, 2.75) is 32.2 Å². The van der Waals surface area contributed by atoms with E-state index >= 15 is 0 Å². The number of carbonyl (C=O) groups excluding carboxylic acids is 2. The third-order valence-electron chi connectivity index (χ3n) is 4.62. The molecule has 0 unspecified atom stereocenters. The first-order valence-corrected chi connectivity index (χ1v) is 8.00. The molecule has 1 aliphatic carbocycles. The molecule has 112 valence electrons. The molecule has 3 atom stereocenters. The summed E-state index contributed by atoms with van der Waals surface area (Å²) < 4.78 is 0. The van der Waals surface area contributed by atoms with Crippen LogP contribution >= 0.6 is 11.3 Å². The predicted molar refractivity (Wildman–Crippen MR) is 77.6 cm³/mol. The van der Waals surface area contributed by atoms with E-state index in [1.165, 1.54) is 23.2 Å². The normalized spacial score (nSPS) is 27.7. The molecule has 1 amide bonds. The molecule has 6 heteroatoms. The van der Waals surface area contributed by atoms with Crippen LogP contribution in [0.25, 0.3) is 0 Å². The van der Waals surface area contributed by atoms with Crippen LogP contribution in [-0.2, 0) is 4.79 Å². The van der Waals surface area contributed by atoms with Gasteiger partial charge in [-0.25, -0.2) is 4.79 Å². The number of ketones is 1. The fourth-order valence-corrected chi connectivity index (χ4v) is 4.51. The molecule has 1 aliphatic heterocycles. The van der Waals surface area contributed by atoms with Crippen molar-refractivity contribution in [3.8, 4) is 0 Å². The molecule has 1 aromatic heterocycles. The van der Waals surface area contributed by atoms with Gasteiger partial charge in [0.2, 0.25) is 0 Å². The number of carboxylic acid groups (broad SMARTS) is 1. The van der Waals surface area contributed by atoms with Crippen molar-refractivity contribution < 1.29 is 19.5 Å². The maximum Gasteiger partial charge on any atom is 0.326 e. The summed E-state index contributed by atoms with van der Waals surface area (Å²) in [4.78, 5) is 37.4. The van der Waals surface area contributed by atoms with E-state index < -0.39 is 12.0 Å². The van der Waals surface area contributed by atoms with Gasteiger partial charge in [0.25, 0.3) is 5.91 Å². The molecule has 2 aliphatic rings. The van der Waals surface area contributed by atoms with Crippen LogP contribution < -0.4 is 0 Å². The summed E-state index contributed by atoms with van der Waals surface area (Å²) in [7, 11) is 0. The van der Waals surface area contributed by atoms with Gasteiger partial charge in [-0.3, -0.25) is 9.59 Å². The topological polar surface area (TPSA) is 74.7 Å². The van der Waals surface area contributed by atoms with E-state index in [2.05, 4.69) is 0 Å². The highest BCUT2D eigenvalue weighted by Crippen LogP contribution is 2.43. The Balaban J connectivity index is 1.86. The molecule has 0 spiro atoms. The number of thiophene rings is 1. The first-order valence-electron chi connectivity index (χ1n) is 7.12. The minimum absolute atomic E-state index is 0.0821. The van der Waals surface area contributed by atoms with Crippen LogP contribution in [-0.4, -0.2) is 40.3 Å². The van der Waals surface area contributed by atoms with Crippen LogP contribution in [0.15, 0.2) is 11.4 Å². The Kier molecular flexibility index (Phi) is 3.57. The zero-order chi connectivity index (χ0) is 15.1. The highest BCUT2D eigenvalue weighted by atomic mass is 32.1. The van der Waals surface area contributed by atoms with Gasteiger partial charge in [-0.15, -0.1) is 11.3 Å². The summed E-state index contributed by atoms with van der Waals surface area (Å²) in [6.07, 6.45) is 2.94. The van der Waals surface area contributed by atoms with Crippen LogP contribution in [0.4, 0.5) is 0 Å². The summed E-state index contributed by atoms with van der Waals surface area (Å²) >= 11 is 1.21. The number of nitrogens with zero attached hydrogens (tertiary/aromatic N) is 1. The Morgan fingerprint density at radius 2 is 2.10 bits per heavy atom. The van der Waals surface area contributed by atoms with Gasteiger partial charge >= 0.3 is 5.97 Å². The Labute approximate surface area is 126 Å². The average molecular weight is 307 g/mol. The Hall–Kier alpha value is -1.69. The van der Waals surface area contributed by atoms with Gasteiger partial charge < -0.3 is 10.0 Å². The molecule has 2 fully saturated rings. The van der Waals surface area contributed by atoms with E-state index in [1.54, 1.807) is 11.4 Å². The second-order valence-electron chi connectivity index (χ2n) is 5.85. The monoisotopic (exact) mass is 307 g/mol. The lowest BCUT2D eigenvalue weighted by Gasteiger charge is -2.23. The maximum absolute atomic E-state index is 12.6. The van der Waals surface area contributed by atoms with Gasteiger partial charge in [-0.2, -0.15) is 0 Å². The van der Waals surface area contributed by atoms with E-state index in [-0.39, 0.29) is 17.6 Å². The minimum atomic E-state index is -0.916. The number of rotatable bonds is 3. The third kappa shape index (κ3) is 2.37. The van der Waals surface area contributed by atoms with Gasteiger partial charge in [-0.1, -0.05) is 6.42 Å². The second kappa shape index (κ2) is 5.26. The molecule has 3 rings (SSSR count). The molecular formula is C15H17NO4S. The van der Waals surface area contributed by atoms with E-state index in [1.807, 2.05) is 0 Å². The standard InChI is InChI=1S/C15H17NO4S/c1-8(17)10-5-12(21-7-10)14(18)16-6-9-3-2-4-11(9)13(16)15(19)20/h5,7,9,11,13H,2-4,6H2,1H3,(H,19,20)/t9-,11-,13+/m0/s1. The quantitative estimate of drug-likeness (QED) is 0.869. The van der Waals surface area contributed by atoms with Crippen molar-refractivity contribution in [1.82, 2.24) is 4.90 Å². The summed E-state index contributed by atoms with van der Waals surface area (Å²) in [5, 5.41) is 11.1. The Bertz CT molecular complexity index is 609. The number of amides is 1. The van der Waals surface area contributed by atoms with E-state index in [0.29, 0.717) is 22.9 Å². The molecule has 1 N–H and O–H groups in total. The maximum atomic E-state index is 12.6. The predicted octanol–water partition coefficient (Wildman–Crippen LogP) is 2.28. The van der Waals surface area contributed by atoms with Gasteiger partial charge in [-0.05, 0) is 37.7 Å². The van der Waals surface area contributed by atoms with Crippen molar-refractivity contribution in [3.63, 3.8) is 0 Å². The molecular weight excluding hydrogens is 290 g/mol. The van der Waals surface area contributed by atoms with E-state index in [9.17, 15) is 19.5 Å². The number of likely N-dealkylation sites (tertiary alicyclic amines) is 1. The minimum Gasteiger partial charge on any atom is -0.480 e. The van der Waals surface area contributed by atoms with Crippen molar-refractivity contribution in [2.75, 3.05) is 6.54 Å². The van der Waals surface area contributed by atoms with Gasteiger partial charge in [0.05, 0.1) is 4.88 Å². The number of carboxylic acids is 1. The highest BCUT2D eigenvalue weighted by molar-refractivity contribution is 7.12. The third-order valence-corrected chi connectivity index (χ3v) is 5.54. The zero-order valence-corrected chi connectivity index (χ0v) is 12.6. The number of fused-ring (bicyclic) bond motifs is 1. The molecule has 0 aromatic carbocycles. The van der Waals surface area contributed by atoms with Gasteiger partial charge in [0.15, 0.2) is 5.78 Å². The van der Waals surface area contributed by atoms with E-state index in [0.717, 1.165) is 19.3 Å². The largest absolute Gasteiger partial charge is 0.480 e. The molecule has 2 heterocycles. The smallest absolute Gasteiger partial charge is 0.326 e. The molecule has 0 radical (unpaired) electrons. The number of hydrogen-bond acceptors (Lipinski definition) is 4. The summed E-state index contributed by atoms with van der Waals surface area (Å²) in [6, 6.07) is 0.857. The van der Waals surface area contributed by atoms with Crippen molar-refractivity contribution >= 4 is 29.0 Å². The molecule has 1 saturated carbocycles.